The van der Waals surface area contributed by atoms with Crippen molar-refractivity contribution < 1.29 is 13.9 Å². The van der Waals surface area contributed by atoms with Gasteiger partial charge in [-0.3, -0.25) is 9.69 Å². The van der Waals surface area contributed by atoms with Gasteiger partial charge in [0.25, 0.3) is 0 Å². The Kier molecular flexibility index (Phi) is 8.99. The topological polar surface area (TPSA) is 53.6 Å². The second kappa shape index (κ2) is 13.2. The minimum atomic E-state index is -0.254. The average molecular weight is 524 g/mol. The molecule has 0 spiro atoms. The van der Waals surface area contributed by atoms with Crippen molar-refractivity contribution in [3.05, 3.63) is 132 Å². The van der Waals surface area contributed by atoms with Crippen molar-refractivity contribution in [1.82, 2.24) is 15.5 Å². The number of nitrogens with one attached hydrogen (secondary N) is 2. The van der Waals surface area contributed by atoms with E-state index in [1.54, 1.807) is 12.1 Å². The maximum Gasteiger partial charge on any atom is 0.237 e. The summed E-state index contributed by atoms with van der Waals surface area (Å²) in [6.45, 7) is 2.55. The fourth-order valence-electron chi connectivity index (χ4n) is 5.06. The van der Waals surface area contributed by atoms with E-state index in [-0.39, 0.29) is 23.8 Å². The van der Waals surface area contributed by atoms with E-state index in [0.717, 1.165) is 23.6 Å². The quantitative estimate of drug-likeness (QED) is 0.265. The first-order valence-corrected chi connectivity index (χ1v) is 13.5. The van der Waals surface area contributed by atoms with Crippen molar-refractivity contribution in [3.8, 4) is 11.5 Å². The molecule has 4 aromatic carbocycles. The number of carbonyl (C=O) groups excluding carboxylic acids is 1. The Bertz CT molecular complexity index is 1350. The highest BCUT2D eigenvalue weighted by molar-refractivity contribution is 5.82. The lowest BCUT2D eigenvalue weighted by atomic mass is 10.1. The van der Waals surface area contributed by atoms with E-state index >= 15 is 0 Å². The summed E-state index contributed by atoms with van der Waals surface area (Å²) in [7, 11) is 0. The first-order chi connectivity index (χ1) is 19.1. The maximum atomic E-state index is 14.0. The van der Waals surface area contributed by atoms with E-state index in [1.807, 2.05) is 72.8 Å². The summed E-state index contributed by atoms with van der Waals surface area (Å²) >= 11 is 0. The van der Waals surface area contributed by atoms with Gasteiger partial charge < -0.3 is 15.4 Å². The summed E-state index contributed by atoms with van der Waals surface area (Å²) in [6, 6.07) is 34.7. The lowest BCUT2D eigenvalue weighted by Gasteiger charge is -2.23. The molecule has 1 aliphatic heterocycles. The molecule has 1 heterocycles. The fourth-order valence-corrected chi connectivity index (χ4v) is 5.06. The predicted octanol–water partition coefficient (Wildman–Crippen LogP) is 5.71. The molecule has 200 valence electrons. The van der Waals surface area contributed by atoms with Gasteiger partial charge >= 0.3 is 0 Å². The van der Waals surface area contributed by atoms with Crippen LogP contribution in [0, 0.1) is 5.82 Å². The van der Waals surface area contributed by atoms with Crippen LogP contribution in [0.2, 0.25) is 0 Å². The third-order valence-corrected chi connectivity index (χ3v) is 7.06. The number of para-hydroxylation sites is 1. The zero-order chi connectivity index (χ0) is 26.9. The summed E-state index contributed by atoms with van der Waals surface area (Å²) in [6.07, 6.45) is 1.17. The largest absolute Gasteiger partial charge is 0.457 e. The Labute approximate surface area is 229 Å². The highest BCUT2D eigenvalue weighted by atomic mass is 19.1. The predicted molar refractivity (Wildman–Crippen MR) is 152 cm³/mol. The molecule has 2 N–H and O–H groups in total. The van der Waals surface area contributed by atoms with E-state index < -0.39 is 0 Å². The van der Waals surface area contributed by atoms with Gasteiger partial charge in [-0.2, -0.15) is 0 Å². The lowest BCUT2D eigenvalue weighted by molar-refractivity contribution is -0.125. The van der Waals surface area contributed by atoms with Gasteiger partial charge in [-0.05, 0) is 59.9 Å². The molecule has 0 radical (unpaired) electrons. The normalized spacial score (nSPS) is 17.2. The molecule has 6 heteroatoms. The highest BCUT2D eigenvalue weighted by Gasteiger charge is 2.36. The van der Waals surface area contributed by atoms with Gasteiger partial charge in [0, 0.05) is 32.2 Å². The van der Waals surface area contributed by atoms with Gasteiger partial charge in [0.05, 0.1) is 6.04 Å². The molecule has 0 saturated carbocycles. The maximum absolute atomic E-state index is 14.0. The smallest absolute Gasteiger partial charge is 0.237 e. The number of hydrogen-bond donors (Lipinski definition) is 2. The first-order valence-electron chi connectivity index (χ1n) is 13.5. The standard InChI is InChI=1S/C33H34FN3O2/c34-31-17-8-7-13-27(31)18-19-35-33(38)32-21-28(24-37(32)23-25-10-3-1-4-11-25)36-22-26-12-9-16-30(20-26)39-29-14-5-2-6-15-29/h1-17,20,28,32,36H,18-19,21-24H2,(H,35,38)/t28-,32-/m0/s1. The van der Waals surface area contributed by atoms with Crippen LogP contribution in [0.25, 0.3) is 0 Å². The van der Waals surface area contributed by atoms with E-state index in [4.69, 9.17) is 4.74 Å². The molecule has 1 aliphatic rings. The molecule has 4 aromatic rings. The first kappa shape index (κ1) is 26.6. The number of ether oxygens (including phenoxy) is 1. The number of amides is 1. The van der Waals surface area contributed by atoms with Gasteiger partial charge in [0.1, 0.15) is 17.3 Å². The second-order valence-corrected chi connectivity index (χ2v) is 9.94. The zero-order valence-electron chi connectivity index (χ0n) is 21.9. The van der Waals surface area contributed by atoms with E-state index in [2.05, 4.69) is 33.7 Å². The van der Waals surface area contributed by atoms with E-state index in [9.17, 15) is 9.18 Å². The van der Waals surface area contributed by atoms with Crippen molar-refractivity contribution in [1.29, 1.82) is 0 Å². The minimum Gasteiger partial charge on any atom is -0.457 e. The number of halogens is 1. The van der Waals surface area contributed by atoms with Crippen molar-refractivity contribution in [2.75, 3.05) is 13.1 Å². The summed E-state index contributed by atoms with van der Waals surface area (Å²) in [5.74, 6) is 1.36. The van der Waals surface area contributed by atoms with Gasteiger partial charge in [0.15, 0.2) is 0 Å². The number of likely N-dealkylation sites (tertiary alicyclic amines) is 1. The van der Waals surface area contributed by atoms with Crippen LogP contribution in [0.5, 0.6) is 11.5 Å². The second-order valence-electron chi connectivity index (χ2n) is 9.94. The van der Waals surface area contributed by atoms with Crippen molar-refractivity contribution >= 4 is 5.91 Å². The Hall–Kier alpha value is -4.00. The lowest BCUT2D eigenvalue weighted by Crippen LogP contribution is -2.43. The summed E-state index contributed by atoms with van der Waals surface area (Å²) in [5.41, 5.74) is 2.91. The van der Waals surface area contributed by atoms with Crippen molar-refractivity contribution in [2.45, 2.75) is 38.0 Å². The molecule has 0 unspecified atom stereocenters. The summed E-state index contributed by atoms with van der Waals surface area (Å²) in [4.78, 5) is 15.5. The highest BCUT2D eigenvalue weighted by Crippen LogP contribution is 2.24. The molecular formula is C33H34FN3O2. The number of rotatable bonds is 11. The summed E-state index contributed by atoms with van der Waals surface area (Å²) < 4.78 is 20.0. The van der Waals surface area contributed by atoms with Crippen LogP contribution >= 0.6 is 0 Å². The zero-order valence-corrected chi connectivity index (χ0v) is 21.9. The average Bonchev–Trinajstić information content (AvgIpc) is 3.37. The van der Waals surface area contributed by atoms with Crippen molar-refractivity contribution in [2.24, 2.45) is 0 Å². The summed E-state index contributed by atoms with van der Waals surface area (Å²) in [5, 5.41) is 6.70. The van der Waals surface area contributed by atoms with Crippen LogP contribution in [-0.2, 0) is 24.3 Å². The molecule has 0 bridgehead atoms. The molecule has 39 heavy (non-hydrogen) atoms. The third kappa shape index (κ3) is 7.53. The third-order valence-electron chi connectivity index (χ3n) is 7.06. The molecule has 1 fully saturated rings. The van der Waals surface area contributed by atoms with Gasteiger partial charge in [0.2, 0.25) is 5.91 Å². The van der Waals surface area contributed by atoms with Crippen LogP contribution < -0.4 is 15.4 Å². The minimum absolute atomic E-state index is 0.00942. The molecule has 1 saturated heterocycles. The van der Waals surface area contributed by atoms with Crippen LogP contribution in [0.3, 0.4) is 0 Å². The Morgan fingerprint density at radius 3 is 2.33 bits per heavy atom. The fraction of sp³-hybridized carbons (Fsp3) is 0.242. The van der Waals surface area contributed by atoms with Crippen LogP contribution in [0.4, 0.5) is 4.39 Å². The number of benzene rings is 4. The molecule has 2 atom stereocenters. The molecule has 5 nitrogen and oxygen atoms in total. The number of carbonyl (C=O) groups is 1. The number of hydrogen-bond acceptors (Lipinski definition) is 4. The van der Waals surface area contributed by atoms with Gasteiger partial charge in [-0.25, -0.2) is 4.39 Å². The van der Waals surface area contributed by atoms with Crippen molar-refractivity contribution in [3.63, 3.8) is 0 Å². The van der Waals surface area contributed by atoms with Crippen LogP contribution in [0.1, 0.15) is 23.1 Å². The molecule has 5 rings (SSSR count). The van der Waals surface area contributed by atoms with Gasteiger partial charge in [-0.1, -0.05) is 78.9 Å². The molecule has 1 amide bonds. The molecule has 0 aromatic heterocycles. The SMILES string of the molecule is O=C(NCCc1ccccc1F)[C@@H]1C[C@H](NCc2cccc(Oc3ccccc3)c2)CN1Cc1ccccc1. The van der Waals surface area contributed by atoms with E-state index in [0.29, 0.717) is 38.0 Å². The van der Waals surface area contributed by atoms with E-state index in [1.165, 1.54) is 11.6 Å². The number of nitrogens with zero attached hydrogens (tertiary/aromatic N) is 1. The molecule has 0 aliphatic carbocycles. The Morgan fingerprint density at radius 1 is 0.846 bits per heavy atom. The van der Waals surface area contributed by atoms with Gasteiger partial charge in [-0.15, -0.1) is 0 Å². The molecular weight excluding hydrogens is 489 g/mol. The van der Waals surface area contributed by atoms with Crippen LogP contribution in [-0.4, -0.2) is 36.0 Å². The van der Waals surface area contributed by atoms with Crippen LogP contribution in [0.15, 0.2) is 109 Å². The monoisotopic (exact) mass is 523 g/mol. The Morgan fingerprint density at radius 2 is 1.54 bits per heavy atom. The Balaban J connectivity index is 1.19.